The molecule has 3 N–H and O–H groups in total. The largest absolute Gasteiger partial charge is 0.354 e. The number of H-pyrrole nitrogens is 2. The number of hydrogen-bond donors (Lipinski definition) is 3. The van der Waals surface area contributed by atoms with E-state index in [0.29, 0.717) is 5.92 Å². The summed E-state index contributed by atoms with van der Waals surface area (Å²) in [7, 11) is 0. The predicted molar refractivity (Wildman–Crippen MR) is 89.2 cm³/mol. The number of aromatic amines is 2. The maximum absolute atomic E-state index is 12.2. The highest BCUT2D eigenvalue weighted by atomic mass is 16.1. The van der Waals surface area contributed by atoms with E-state index in [0.717, 1.165) is 42.7 Å². The fourth-order valence-corrected chi connectivity index (χ4v) is 3.53. The molecule has 22 heavy (non-hydrogen) atoms. The summed E-state index contributed by atoms with van der Waals surface area (Å²) < 4.78 is 0. The first-order chi connectivity index (χ1) is 10.8. The summed E-state index contributed by atoms with van der Waals surface area (Å²) in [6.07, 6.45) is 3.90. The van der Waals surface area contributed by atoms with Crippen LogP contribution in [0.2, 0.25) is 0 Å². The van der Waals surface area contributed by atoms with Crippen molar-refractivity contribution in [3.05, 3.63) is 58.5 Å². The summed E-state index contributed by atoms with van der Waals surface area (Å²) in [6.45, 7) is 2.07. The Balaban J connectivity index is 1.97. The number of pyridine rings is 1. The van der Waals surface area contributed by atoms with Gasteiger partial charge in [0.2, 0.25) is 0 Å². The van der Waals surface area contributed by atoms with Gasteiger partial charge in [-0.2, -0.15) is 0 Å². The molecule has 1 fully saturated rings. The molecule has 3 aromatic rings. The van der Waals surface area contributed by atoms with Gasteiger partial charge in [-0.3, -0.25) is 4.79 Å². The van der Waals surface area contributed by atoms with Gasteiger partial charge >= 0.3 is 0 Å². The third kappa shape index (κ3) is 2.16. The van der Waals surface area contributed by atoms with Gasteiger partial charge in [0.05, 0.1) is 11.3 Å². The molecule has 1 aliphatic heterocycles. The maximum Gasteiger partial charge on any atom is 0.257 e. The van der Waals surface area contributed by atoms with E-state index in [4.69, 9.17) is 0 Å². The fraction of sp³-hybridized carbons (Fsp3) is 0.278. The Morgan fingerprint density at radius 2 is 1.82 bits per heavy atom. The highest BCUT2D eigenvalue weighted by Crippen LogP contribution is 2.38. The fourth-order valence-electron chi connectivity index (χ4n) is 3.53. The normalized spacial score (nSPS) is 16.2. The molecule has 0 bridgehead atoms. The summed E-state index contributed by atoms with van der Waals surface area (Å²) in [5.41, 5.74) is 4.08. The van der Waals surface area contributed by atoms with Crippen molar-refractivity contribution in [3.63, 3.8) is 0 Å². The Bertz CT molecular complexity index is 856. The van der Waals surface area contributed by atoms with Crippen LogP contribution in [0.5, 0.6) is 0 Å². The van der Waals surface area contributed by atoms with Gasteiger partial charge in [0, 0.05) is 17.1 Å². The van der Waals surface area contributed by atoms with Crippen molar-refractivity contribution in [2.45, 2.75) is 18.8 Å². The Morgan fingerprint density at radius 3 is 2.64 bits per heavy atom. The van der Waals surface area contributed by atoms with E-state index in [1.807, 2.05) is 18.2 Å². The molecule has 1 saturated heterocycles. The van der Waals surface area contributed by atoms with Crippen molar-refractivity contribution >= 4 is 10.9 Å². The van der Waals surface area contributed by atoms with Crippen LogP contribution in [0, 0.1) is 0 Å². The molecule has 0 atom stereocenters. The third-order valence-corrected chi connectivity index (χ3v) is 4.58. The van der Waals surface area contributed by atoms with E-state index in [-0.39, 0.29) is 5.56 Å². The van der Waals surface area contributed by atoms with Crippen LogP contribution in [0.15, 0.2) is 47.4 Å². The van der Waals surface area contributed by atoms with Crippen molar-refractivity contribution in [1.82, 2.24) is 15.3 Å². The molecule has 4 nitrogen and oxygen atoms in total. The minimum Gasteiger partial charge on any atom is -0.354 e. The lowest BCUT2D eigenvalue weighted by molar-refractivity contribution is 0.463. The van der Waals surface area contributed by atoms with Crippen LogP contribution in [0.25, 0.3) is 22.2 Å². The molecule has 3 heterocycles. The lowest BCUT2D eigenvalue weighted by Crippen LogP contribution is -2.27. The lowest BCUT2D eigenvalue weighted by atomic mass is 9.87. The van der Waals surface area contributed by atoms with Crippen LogP contribution in [-0.2, 0) is 0 Å². The first-order valence-electron chi connectivity index (χ1n) is 7.84. The summed E-state index contributed by atoms with van der Waals surface area (Å²) in [5.74, 6) is 0.493. The number of rotatable bonds is 2. The summed E-state index contributed by atoms with van der Waals surface area (Å²) in [6, 6.07) is 12.1. The van der Waals surface area contributed by atoms with E-state index in [1.54, 1.807) is 6.20 Å². The first-order valence-corrected chi connectivity index (χ1v) is 7.84. The number of para-hydroxylation sites is 1. The second-order valence-electron chi connectivity index (χ2n) is 5.90. The molecular formula is C18H19N3O. The lowest BCUT2D eigenvalue weighted by Gasteiger charge is -2.23. The molecular weight excluding hydrogens is 274 g/mol. The average molecular weight is 293 g/mol. The van der Waals surface area contributed by atoms with Crippen LogP contribution in [0.4, 0.5) is 0 Å². The summed E-state index contributed by atoms with van der Waals surface area (Å²) in [5, 5.41) is 4.66. The Morgan fingerprint density at radius 1 is 1.00 bits per heavy atom. The van der Waals surface area contributed by atoms with E-state index in [2.05, 4.69) is 33.5 Å². The molecule has 0 unspecified atom stereocenters. The van der Waals surface area contributed by atoms with E-state index < -0.39 is 0 Å². The van der Waals surface area contributed by atoms with Gasteiger partial charge in [0.15, 0.2) is 0 Å². The molecule has 0 amide bonds. The number of piperidine rings is 1. The van der Waals surface area contributed by atoms with E-state index in [1.165, 1.54) is 10.9 Å². The second-order valence-corrected chi connectivity index (χ2v) is 5.90. The zero-order valence-corrected chi connectivity index (χ0v) is 12.4. The number of benzene rings is 1. The van der Waals surface area contributed by atoms with E-state index in [9.17, 15) is 4.79 Å². The predicted octanol–water partition coefficient (Wildman–Crippen LogP) is 2.99. The van der Waals surface area contributed by atoms with Crippen molar-refractivity contribution in [1.29, 1.82) is 0 Å². The SMILES string of the molecule is O=c1[nH]cccc1-c1[nH]c2ccccc2c1C1CCNCC1. The molecule has 0 aliphatic carbocycles. The first kappa shape index (κ1) is 13.3. The van der Waals surface area contributed by atoms with Gasteiger partial charge in [-0.25, -0.2) is 0 Å². The van der Waals surface area contributed by atoms with Crippen LogP contribution in [-0.4, -0.2) is 23.1 Å². The quantitative estimate of drug-likeness (QED) is 0.680. The minimum absolute atomic E-state index is 0.0377. The number of aromatic nitrogens is 2. The van der Waals surface area contributed by atoms with Gasteiger partial charge in [-0.05, 0) is 55.6 Å². The van der Waals surface area contributed by atoms with Gasteiger partial charge in [-0.15, -0.1) is 0 Å². The number of nitrogens with one attached hydrogen (secondary N) is 3. The van der Waals surface area contributed by atoms with Crippen molar-refractivity contribution in [2.24, 2.45) is 0 Å². The third-order valence-electron chi connectivity index (χ3n) is 4.58. The summed E-state index contributed by atoms with van der Waals surface area (Å²) >= 11 is 0. The molecule has 2 aromatic heterocycles. The highest BCUT2D eigenvalue weighted by molar-refractivity contribution is 5.91. The average Bonchev–Trinajstić information content (AvgIpc) is 2.95. The van der Waals surface area contributed by atoms with Crippen LogP contribution >= 0.6 is 0 Å². The molecule has 0 radical (unpaired) electrons. The molecule has 1 aromatic carbocycles. The molecule has 0 spiro atoms. The molecule has 1 aliphatic rings. The second kappa shape index (κ2) is 5.46. The topological polar surface area (TPSA) is 60.7 Å². The Labute approximate surface area is 128 Å². The zero-order valence-electron chi connectivity index (χ0n) is 12.4. The van der Waals surface area contributed by atoms with Crippen LogP contribution in [0.3, 0.4) is 0 Å². The van der Waals surface area contributed by atoms with E-state index >= 15 is 0 Å². The summed E-state index contributed by atoms with van der Waals surface area (Å²) in [4.78, 5) is 18.5. The number of hydrogen-bond acceptors (Lipinski definition) is 2. The molecule has 4 heteroatoms. The molecule has 112 valence electrons. The van der Waals surface area contributed by atoms with Crippen LogP contribution in [0.1, 0.15) is 24.3 Å². The zero-order chi connectivity index (χ0) is 14.9. The standard InChI is InChI=1S/C18H19N3O/c22-18-14(5-3-9-20-18)17-16(12-7-10-19-11-8-12)13-4-1-2-6-15(13)21-17/h1-6,9,12,19,21H,7-8,10-11H2,(H,20,22). The van der Waals surface area contributed by atoms with Crippen molar-refractivity contribution < 1.29 is 0 Å². The molecule has 0 saturated carbocycles. The van der Waals surface area contributed by atoms with Gasteiger partial charge < -0.3 is 15.3 Å². The van der Waals surface area contributed by atoms with Gasteiger partial charge in [0.25, 0.3) is 5.56 Å². The highest BCUT2D eigenvalue weighted by Gasteiger charge is 2.24. The van der Waals surface area contributed by atoms with Gasteiger partial charge in [0.1, 0.15) is 0 Å². The monoisotopic (exact) mass is 293 g/mol. The molecule has 4 rings (SSSR count). The maximum atomic E-state index is 12.2. The van der Waals surface area contributed by atoms with Crippen LogP contribution < -0.4 is 10.9 Å². The smallest absolute Gasteiger partial charge is 0.257 e. The Kier molecular flexibility index (Phi) is 3.31. The van der Waals surface area contributed by atoms with Gasteiger partial charge in [-0.1, -0.05) is 18.2 Å². The van der Waals surface area contributed by atoms with Crippen molar-refractivity contribution in [3.8, 4) is 11.3 Å². The number of fused-ring (bicyclic) bond motifs is 1. The van der Waals surface area contributed by atoms with Crippen molar-refractivity contribution in [2.75, 3.05) is 13.1 Å². The Hall–Kier alpha value is -2.33. The minimum atomic E-state index is -0.0377.